The number of hydrogen-bond donors (Lipinski definition) is 1. The Morgan fingerprint density at radius 1 is 0.773 bits per heavy atom. The summed E-state index contributed by atoms with van der Waals surface area (Å²) < 4.78 is 11.6. The lowest BCUT2D eigenvalue weighted by Crippen LogP contribution is -2.57. The largest absolute Gasteiger partial charge is 0.376 e. The Morgan fingerprint density at radius 3 is 1.82 bits per heavy atom. The van der Waals surface area contributed by atoms with Crippen LogP contribution in [0.25, 0.3) is 0 Å². The van der Waals surface area contributed by atoms with Gasteiger partial charge in [0.2, 0.25) is 0 Å². The molecule has 0 spiro atoms. The van der Waals surface area contributed by atoms with Crippen molar-refractivity contribution in [1.29, 1.82) is 0 Å². The van der Waals surface area contributed by atoms with E-state index in [1.807, 2.05) is 36.4 Å². The molecule has 1 aliphatic rings. The number of ether oxygens (including phenoxy) is 2. The highest BCUT2D eigenvalue weighted by molar-refractivity contribution is 5.14. The number of nitrogens with one attached hydrogen (secondary N) is 1. The van der Waals surface area contributed by atoms with Gasteiger partial charge in [0.15, 0.2) is 0 Å². The monoisotopic (exact) mass is 297 g/mol. The van der Waals surface area contributed by atoms with Gasteiger partial charge < -0.3 is 14.8 Å². The maximum absolute atomic E-state index is 5.82. The molecule has 0 amide bonds. The molecule has 1 saturated heterocycles. The summed E-state index contributed by atoms with van der Waals surface area (Å²) in [5, 5.41) is 3.43. The van der Waals surface area contributed by atoms with Crippen molar-refractivity contribution in [1.82, 2.24) is 5.32 Å². The van der Waals surface area contributed by atoms with Gasteiger partial charge in [-0.3, -0.25) is 0 Å². The molecule has 2 aromatic carbocycles. The SMILES string of the molecule is c1ccc(COCC2CNC2COCc2ccccc2)cc1. The first kappa shape index (κ1) is 15.2. The van der Waals surface area contributed by atoms with Crippen LogP contribution >= 0.6 is 0 Å². The summed E-state index contributed by atoms with van der Waals surface area (Å²) in [7, 11) is 0. The van der Waals surface area contributed by atoms with Gasteiger partial charge in [0.25, 0.3) is 0 Å². The summed E-state index contributed by atoms with van der Waals surface area (Å²) in [5.74, 6) is 0.555. The van der Waals surface area contributed by atoms with Crippen LogP contribution in [0.1, 0.15) is 11.1 Å². The first-order valence-electron chi connectivity index (χ1n) is 7.88. The molecular formula is C19H23NO2. The maximum atomic E-state index is 5.82. The fourth-order valence-electron chi connectivity index (χ4n) is 2.60. The van der Waals surface area contributed by atoms with E-state index in [-0.39, 0.29) is 0 Å². The van der Waals surface area contributed by atoms with E-state index in [1.165, 1.54) is 11.1 Å². The Kier molecular flexibility index (Phi) is 5.59. The average molecular weight is 297 g/mol. The summed E-state index contributed by atoms with van der Waals surface area (Å²) in [6, 6.07) is 21.0. The van der Waals surface area contributed by atoms with E-state index in [4.69, 9.17) is 9.47 Å². The molecule has 1 aliphatic heterocycles. The van der Waals surface area contributed by atoms with Gasteiger partial charge >= 0.3 is 0 Å². The predicted octanol–water partition coefficient (Wildman–Crippen LogP) is 3.01. The van der Waals surface area contributed by atoms with Crippen molar-refractivity contribution in [2.24, 2.45) is 5.92 Å². The minimum Gasteiger partial charge on any atom is -0.376 e. The van der Waals surface area contributed by atoms with Crippen molar-refractivity contribution in [2.75, 3.05) is 19.8 Å². The van der Waals surface area contributed by atoms with Crippen LogP contribution < -0.4 is 5.32 Å². The summed E-state index contributed by atoms with van der Waals surface area (Å²) >= 11 is 0. The van der Waals surface area contributed by atoms with Gasteiger partial charge in [-0.1, -0.05) is 60.7 Å². The van der Waals surface area contributed by atoms with Crippen LogP contribution in [0.2, 0.25) is 0 Å². The van der Waals surface area contributed by atoms with Gasteiger partial charge in [-0.15, -0.1) is 0 Å². The standard InChI is InChI=1S/C19H23NO2/c1-3-7-16(8-4-1)12-21-14-18-11-20-19(18)15-22-13-17-9-5-2-6-10-17/h1-10,18-20H,11-15H2. The number of rotatable bonds is 8. The highest BCUT2D eigenvalue weighted by Gasteiger charge is 2.30. The molecule has 0 radical (unpaired) electrons. The summed E-state index contributed by atoms with van der Waals surface area (Å²) in [6.45, 7) is 3.93. The molecule has 0 aliphatic carbocycles. The van der Waals surface area contributed by atoms with Crippen molar-refractivity contribution in [3.8, 4) is 0 Å². The van der Waals surface area contributed by atoms with Gasteiger partial charge in [-0.2, -0.15) is 0 Å². The molecule has 0 bridgehead atoms. The lowest BCUT2D eigenvalue weighted by Gasteiger charge is -2.37. The normalized spacial score (nSPS) is 20.5. The van der Waals surface area contributed by atoms with Gasteiger partial charge in [-0.25, -0.2) is 0 Å². The van der Waals surface area contributed by atoms with Crippen LogP contribution in [0.15, 0.2) is 60.7 Å². The molecule has 3 rings (SSSR count). The van der Waals surface area contributed by atoms with Crippen LogP contribution in [0.3, 0.4) is 0 Å². The molecule has 0 aromatic heterocycles. The molecule has 2 aromatic rings. The fourth-order valence-corrected chi connectivity index (χ4v) is 2.60. The Balaban J connectivity index is 1.32. The Hall–Kier alpha value is -1.68. The van der Waals surface area contributed by atoms with Crippen molar-refractivity contribution in [2.45, 2.75) is 19.3 Å². The predicted molar refractivity (Wildman–Crippen MR) is 87.5 cm³/mol. The van der Waals surface area contributed by atoms with Gasteiger partial charge in [0.1, 0.15) is 0 Å². The second-order valence-electron chi connectivity index (χ2n) is 5.78. The van der Waals surface area contributed by atoms with E-state index in [0.29, 0.717) is 25.2 Å². The minimum absolute atomic E-state index is 0.416. The first-order valence-corrected chi connectivity index (χ1v) is 7.88. The molecule has 0 saturated carbocycles. The molecule has 1 fully saturated rings. The highest BCUT2D eigenvalue weighted by atomic mass is 16.5. The summed E-state index contributed by atoms with van der Waals surface area (Å²) in [4.78, 5) is 0. The van der Waals surface area contributed by atoms with E-state index in [2.05, 4.69) is 29.6 Å². The molecule has 1 N–H and O–H groups in total. The minimum atomic E-state index is 0.416. The van der Waals surface area contributed by atoms with Gasteiger partial charge in [0.05, 0.1) is 26.4 Å². The van der Waals surface area contributed by atoms with E-state index in [1.54, 1.807) is 0 Å². The fraction of sp³-hybridized carbons (Fsp3) is 0.368. The van der Waals surface area contributed by atoms with Crippen LogP contribution in [0.4, 0.5) is 0 Å². The molecule has 3 heteroatoms. The molecule has 116 valence electrons. The topological polar surface area (TPSA) is 30.5 Å². The zero-order valence-corrected chi connectivity index (χ0v) is 12.8. The zero-order valence-electron chi connectivity index (χ0n) is 12.8. The lowest BCUT2D eigenvalue weighted by molar-refractivity contribution is 0.00349. The molecule has 3 nitrogen and oxygen atoms in total. The Morgan fingerprint density at radius 2 is 1.32 bits per heavy atom. The van der Waals surface area contributed by atoms with E-state index in [9.17, 15) is 0 Å². The third-order valence-electron chi connectivity index (χ3n) is 4.06. The van der Waals surface area contributed by atoms with Crippen LogP contribution in [-0.2, 0) is 22.7 Å². The third-order valence-corrected chi connectivity index (χ3v) is 4.06. The lowest BCUT2D eigenvalue weighted by atomic mass is 9.93. The van der Waals surface area contributed by atoms with E-state index in [0.717, 1.165) is 19.8 Å². The number of hydrogen-bond acceptors (Lipinski definition) is 3. The molecule has 2 atom stereocenters. The second kappa shape index (κ2) is 8.08. The third kappa shape index (κ3) is 4.41. The van der Waals surface area contributed by atoms with Crippen LogP contribution in [-0.4, -0.2) is 25.8 Å². The van der Waals surface area contributed by atoms with Crippen LogP contribution in [0.5, 0.6) is 0 Å². The number of benzene rings is 2. The van der Waals surface area contributed by atoms with E-state index >= 15 is 0 Å². The van der Waals surface area contributed by atoms with Gasteiger partial charge in [0, 0.05) is 18.5 Å². The quantitative estimate of drug-likeness (QED) is 0.812. The van der Waals surface area contributed by atoms with Gasteiger partial charge in [-0.05, 0) is 11.1 Å². The smallest absolute Gasteiger partial charge is 0.0717 e. The van der Waals surface area contributed by atoms with Crippen molar-refractivity contribution in [3.05, 3.63) is 71.8 Å². The van der Waals surface area contributed by atoms with Crippen LogP contribution in [0, 0.1) is 5.92 Å². The average Bonchev–Trinajstić information content (AvgIpc) is 2.56. The summed E-state index contributed by atoms with van der Waals surface area (Å²) in [5.41, 5.74) is 2.45. The highest BCUT2D eigenvalue weighted by Crippen LogP contribution is 2.15. The molecule has 22 heavy (non-hydrogen) atoms. The van der Waals surface area contributed by atoms with E-state index < -0.39 is 0 Å². The summed E-state index contributed by atoms with van der Waals surface area (Å²) in [6.07, 6.45) is 0. The maximum Gasteiger partial charge on any atom is 0.0717 e. The molecule has 1 heterocycles. The molecule has 2 unspecified atom stereocenters. The second-order valence-corrected chi connectivity index (χ2v) is 5.78. The Bertz CT molecular complexity index is 492. The van der Waals surface area contributed by atoms with Crippen molar-refractivity contribution >= 4 is 0 Å². The first-order chi connectivity index (χ1) is 10.9. The molecular weight excluding hydrogens is 274 g/mol. The Labute approximate surface area is 132 Å². The van der Waals surface area contributed by atoms with Crippen molar-refractivity contribution < 1.29 is 9.47 Å². The van der Waals surface area contributed by atoms with Crippen molar-refractivity contribution in [3.63, 3.8) is 0 Å². The zero-order chi connectivity index (χ0) is 15.0.